The van der Waals surface area contributed by atoms with Crippen LogP contribution in [0.4, 0.5) is 0 Å². The molecular weight excluding hydrogens is 260 g/mol. The highest BCUT2D eigenvalue weighted by molar-refractivity contribution is 6.10. The number of nitrogens with zero attached hydrogens (tertiary/aromatic N) is 2. The van der Waals surface area contributed by atoms with Crippen molar-refractivity contribution in [2.24, 2.45) is 0 Å². The Morgan fingerprint density at radius 1 is 1.10 bits per heavy atom. The van der Waals surface area contributed by atoms with Gasteiger partial charge in [-0.05, 0) is 37.2 Å². The van der Waals surface area contributed by atoms with Gasteiger partial charge >= 0.3 is 0 Å². The van der Waals surface area contributed by atoms with Gasteiger partial charge in [0.05, 0.1) is 11.6 Å². The summed E-state index contributed by atoms with van der Waals surface area (Å²) in [5, 5.41) is 9.08. The minimum absolute atomic E-state index is 0.0948. The number of rotatable bonds is 4. The van der Waals surface area contributed by atoms with Crippen molar-refractivity contribution in [1.82, 2.24) is 4.90 Å². The van der Waals surface area contributed by atoms with E-state index in [9.17, 15) is 4.79 Å². The zero-order valence-corrected chi connectivity index (χ0v) is 11.7. The quantitative estimate of drug-likeness (QED) is 0.806. The zero-order chi connectivity index (χ0) is 14.7. The maximum absolute atomic E-state index is 12.5. The molecule has 0 saturated carbocycles. The first-order valence-corrected chi connectivity index (χ1v) is 7.13. The summed E-state index contributed by atoms with van der Waals surface area (Å²) in [6.07, 6.45) is 1.28. The molecule has 21 heavy (non-hydrogen) atoms. The Morgan fingerprint density at radius 3 is 2.43 bits per heavy atom. The van der Waals surface area contributed by atoms with E-state index in [0.29, 0.717) is 16.7 Å². The first kappa shape index (κ1) is 13.5. The molecule has 1 fully saturated rings. The lowest BCUT2D eigenvalue weighted by Crippen LogP contribution is -2.36. The van der Waals surface area contributed by atoms with Crippen LogP contribution in [0, 0.1) is 11.3 Å². The topological polar surface area (TPSA) is 44.1 Å². The van der Waals surface area contributed by atoms with E-state index in [4.69, 9.17) is 5.26 Å². The average molecular weight is 276 g/mol. The molecule has 1 aliphatic heterocycles. The minimum Gasteiger partial charge on any atom is -0.299 e. The van der Waals surface area contributed by atoms with Gasteiger partial charge in [0.1, 0.15) is 0 Å². The lowest BCUT2D eigenvalue weighted by Gasteiger charge is -2.30. The van der Waals surface area contributed by atoms with Crippen LogP contribution < -0.4 is 0 Å². The van der Waals surface area contributed by atoms with Crippen molar-refractivity contribution >= 4 is 5.78 Å². The molecule has 0 aromatic heterocycles. The Bertz CT molecular complexity index is 694. The number of likely N-dealkylation sites (tertiary alicyclic amines) is 1. The summed E-state index contributed by atoms with van der Waals surface area (Å²) in [6, 6.07) is 16.7. The number of hydrogen-bond donors (Lipinski definition) is 0. The molecule has 0 unspecified atom stereocenters. The van der Waals surface area contributed by atoms with Crippen molar-refractivity contribution in [3.8, 4) is 6.07 Å². The van der Waals surface area contributed by atoms with Crippen molar-refractivity contribution in [2.75, 3.05) is 13.1 Å². The molecular formula is C18H16N2O. The van der Waals surface area contributed by atoms with Crippen molar-refractivity contribution < 1.29 is 4.79 Å². The van der Waals surface area contributed by atoms with Crippen LogP contribution in [0.15, 0.2) is 48.5 Å². The van der Waals surface area contributed by atoms with E-state index in [1.165, 1.54) is 12.0 Å². The second kappa shape index (κ2) is 5.90. The molecule has 0 aliphatic carbocycles. The second-order valence-corrected chi connectivity index (χ2v) is 5.31. The van der Waals surface area contributed by atoms with Crippen molar-refractivity contribution in [3.05, 3.63) is 70.8 Å². The highest BCUT2D eigenvalue weighted by Crippen LogP contribution is 2.17. The summed E-state index contributed by atoms with van der Waals surface area (Å²) in [4.78, 5) is 14.8. The molecule has 0 atom stereocenters. The fourth-order valence-corrected chi connectivity index (χ4v) is 2.49. The minimum atomic E-state index is -0.0948. The Balaban J connectivity index is 1.80. The number of nitriles is 1. The fraction of sp³-hybridized carbons (Fsp3) is 0.222. The van der Waals surface area contributed by atoms with Gasteiger partial charge in [-0.3, -0.25) is 9.69 Å². The third kappa shape index (κ3) is 2.86. The highest BCUT2D eigenvalue weighted by atomic mass is 16.1. The summed E-state index contributed by atoms with van der Waals surface area (Å²) >= 11 is 0. The van der Waals surface area contributed by atoms with E-state index >= 15 is 0 Å². The van der Waals surface area contributed by atoms with Crippen molar-refractivity contribution in [3.63, 3.8) is 0 Å². The third-order valence-electron chi connectivity index (χ3n) is 3.86. The molecule has 2 aromatic rings. The van der Waals surface area contributed by atoms with Gasteiger partial charge in [-0.1, -0.05) is 36.4 Å². The number of hydrogen-bond acceptors (Lipinski definition) is 3. The normalized spacial score (nSPS) is 14.2. The molecule has 0 spiro atoms. The van der Waals surface area contributed by atoms with E-state index in [-0.39, 0.29) is 5.78 Å². The summed E-state index contributed by atoms with van der Waals surface area (Å²) < 4.78 is 0. The predicted molar refractivity (Wildman–Crippen MR) is 80.9 cm³/mol. The molecule has 0 amide bonds. The number of ketones is 1. The largest absolute Gasteiger partial charge is 0.299 e. The standard InChI is InChI=1S/C18H16N2O/c19-12-16-4-1-2-5-17(16)18(21)15-8-6-14(7-9-15)13-20-10-3-11-20/h1-2,4-9H,3,10-11,13H2. The Kier molecular flexibility index (Phi) is 3.81. The van der Waals surface area contributed by atoms with E-state index < -0.39 is 0 Å². The zero-order valence-electron chi connectivity index (χ0n) is 11.7. The Hall–Kier alpha value is -2.44. The van der Waals surface area contributed by atoms with Crippen LogP contribution in [-0.4, -0.2) is 23.8 Å². The lowest BCUT2D eigenvalue weighted by atomic mass is 9.98. The van der Waals surface area contributed by atoms with Gasteiger partial charge in [0, 0.05) is 17.7 Å². The van der Waals surface area contributed by atoms with Gasteiger partial charge in [0.15, 0.2) is 5.78 Å². The highest BCUT2D eigenvalue weighted by Gasteiger charge is 2.15. The van der Waals surface area contributed by atoms with Gasteiger partial charge < -0.3 is 0 Å². The fourth-order valence-electron chi connectivity index (χ4n) is 2.49. The molecule has 1 heterocycles. The molecule has 104 valence electrons. The van der Waals surface area contributed by atoms with Gasteiger partial charge in [-0.15, -0.1) is 0 Å². The van der Waals surface area contributed by atoms with Gasteiger partial charge in [0.25, 0.3) is 0 Å². The molecule has 1 aliphatic rings. The smallest absolute Gasteiger partial charge is 0.194 e. The summed E-state index contributed by atoms with van der Waals surface area (Å²) in [7, 11) is 0. The summed E-state index contributed by atoms with van der Waals surface area (Å²) in [5.74, 6) is -0.0948. The van der Waals surface area contributed by atoms with Crippen LogP contribution in [0.2, 0.25) is 0 Å². The molecule has 0 N–H and O–H groups in total. The molecule has 0 bridgehead atoms. The molecule has 3 rings (SSSR count). The average Bonchev–Trinajstić information content (AvgIpc) is 2.51. The monoisotopic (exact) mass is 276 g/mol. The molecule has 2 aromatic carbocycles. The lowest BCUT2D eigenvalue weighted by molar-refractivity contribution is 0.103. The predicted octanol–water partition coefficient (Wildman–Crippen LogP) is 2.99. The van der Waals surface area contributed by atoms with Crippen LogP contribution in [0.1, 0.15) is 33.5 Å². The molecule has 1 saturated heterocycles. The maximum atomic E-state index is 12.5. The number of carbonyl (C=O) groups is 1. The van der Waals surface area contributed by atoms with Crippen molar-refractivity contribution in [1.29, 1.82) is 5.26 Å². The molecule has 3 nitrogen and oxygen atoms in total. The van der Waals surface area contributed by atoms with Gasteiger partial charge in [-0.2, -0.15) is 5.26 Å². The first-order valence-electron chi connectivity index (χ1n) is 7.13. The van der Waals surface area contributed by atoms with Crippen LogP contribution in [0.3, 0.4) is 0 Å². The van der Waals surface area contributed by atoms with E-state index in [0.717, 1.165) is 19.6 Å². The Labute approximate surface area is 124 Å². The van der Waals surface area contributed by atoms with Gasteiger partial charge in [-0.25, -0.2) is 0 Å². The SMILES string of the molecule is N#Cc1ccccc1C(=O)c1ccc(CN2CCC2)cc1. The van der Waals surface area contributed by atoms with Crippen LogP contribution in [0.25, 0.3) is 0 Å². The molecule has 0 radical (unpaired) electrons. The van der Waals surface area contributed by atoms with Crippen molar-refractivity contribution in [2.45, 2.75) is 13.0 Å². The van der Waals surface area contributed by atoms with E-state index in [1.807, 2.05) is 24.3 Å². The van der Waals surface area contributed by atoms with Gasteiger partial charge in [0.2, 0.25) is 0 Å². The number of benzene rings is 2. The summed E-state index contributed by atoms with van der Waals surface area (Å²) in [6.45, 7) is 3.27. The maximum Gasteiger partial charge on any atom is 0.194 e. The Morgan fingerprint density at radius 2 is 1.81 bits per heavy atom. The summed E-state index contributed by atoms with van der Waals surface area (Å²) in [5.41, 5.74) is 2.74. The van der Waals surface area contributed by atoms with Crippen LogP contribution >= 0.6 is 0 Å². The molecule has 3 heteroatoms. The third-order valence-corrected chi connectivity index (χ3v) is 3.86. The van der Waals surface area contributed by atoms with E-state index in [1.54, 1.807) is 24.3 Å². The van der Waals surface area contributed by atoms with E-state index in [2.05, 4.69) is 11.0 Å². The first-order chi connectivity index (χ1) is 10.3. The van der Waals surface area contributed by atoms with Crippen LogP contribution in [0.5, 0.6) is 0 Å². The number of carbonyl (C=O) groups excluding carboxylic acids is 1. The second-order valence-electron chi connectivity index (χ2n) is 5.31. The van der Waals surface area contributed by atoms with Crippen LogP contribution in [-0.2, 0) is 6.54 Å².